The number of hydrogen-bond acceptors (Lipinski definition) is 6. The Morgan fingerprint density at radius 2 is 1.50 bits per heavy atom. The molecule has 278 valence electrons. The van der Waals surface area contributed by atoms with Gasteiger partial charge in [0.05, 0.1) is 63.9 Å². The first-order valence-electron chi connectivity index (χ1n) is 17.7. The molecule has 3 aliphatic rings. The molecule has 7 rings (SSSR count). The van der Waals surface area contributed by atoms with Crippen LogP contribution >= 0.6 is 0 Å². The van der Waals surface area contributed by atoms with Crippen LogP contribution in [0.25, 0.3) is 16.6 Å². The van der Waals surface area contributed by atoms with Crippen molar-refractivity contribution in [2.24, 2.45) is 0 Å². The molecule has 1 aromatic heterocycles. The predicted molar refractivity (Wildman–Crippen MR) is 196 cm³/mol. The standard InChI is InChI=1S/C40H47F2N4O5.BrH/c1-4-12-44(31-22-29(41)21-30(42)23-31)40(48)37-28-45(32-24-34(49-2)26-35(25-32)50-3)38-27-33(10-11-36(38)39(37)47)51-20-9-7-5-6-8-16-46-17-13-43(14-18-46)15-19-46;/h4,10-11,21-28H,1,5-9,12-20H2,2-3H3;1H/q+1;/p-1. The van der Waals surface area contributed by atoms with Crippen molar-refractivity contribution in [1.29, 1.82) is 0 Å². The Balaban J connectivity index is 0.00000523. The summed E-state index contributed by atoms with van der Waals surface area (Å²) in [6.45, 7) is 13.1. The van der Waals surface area contributed by atoms with Gasteiger partial charge in [-0.25, -0.2) is 8.78 Å². The van der Waals surface area contributed by atoms with Crippen LogP contribution in [0.5, 0.6) is 17.2 Å². The number of carbonyl (C=O) groups is 1. The summed E-state index contributed by atoms with van der Waals surface area (Å²) in [6.07, 6.45) is 8.54. The maximum atomic E-state index is 14.2. The Kier molecular flexibility index (Phi) is 13.1. The van der Waals surface area contributed by atoms with E-state index in [4.69, 9.17) is 14.2 Å². The van der Waals surface area contributed by atoms with Gasteiger partial charge in [0, 0.05) is 68.1 Å². The van der Waals surface area contributed by atoms with E-state index < -0.39 is 23.0 Å². The predicted octanol–water partition coefficient (Wildman–Crippen LogP) is 3.60. The van der Waals surface area contributed by atoms with Crippen molar-refractivity contribution in [3.8, 4) is 22.9 Å². The van der Waals surface area contributed by atoms with Gasteiger partial charge in [0.2, 0.25) is 5.43 Å². The van der Waals surface area contributed by atoms with Crippen molar-refractivity contribution in [1.82, 2.24) is 9.47 Å². The lowest BCUT2D eigenvalue weighted by atomic mass is 10.1. The van der Waals surface area contributed by atoms with Gasteiger partial charge in [-0.05, 0) is 43.5 Å². The molecule has 3 aromatic carbocycles. The van der Waals surface area contributed by atoms with Gasteiger partial charge in [0.25, 0.3) is 5.91 Å². The van der Waals surface area contributed by atoms with Crippen molar-refractivity contribution < 1.29 is 49.3 Å². The quantitative estimate of drug-likeness (QED) is 0.0985. The van der Waals surface area contributed by atoms with E-state index in [0.717, 1.165) is 35.9 Å². The summed E-state index contributed by atoms with van der Waals surface area (Å²) in [6, 6.07) is 13.2. The fourth-order valence-corrected chi connectivity index (χ4v) is 7.30. The number of aromatic nitrogens is 1. The molecule has 0 N–H and O–H groups in total. The number of nitrogens with zero attached hydrogens (tertiary/aromatic N) is 4. The lowest BCUT2D eigenvalue weighted by Gasteiger charge is -2.50. The zero-order chi connectivity index (χ0) is 36.0. The molecule has 2 bridgehead atoms. The van der Waals surface area contributed by atoms with Gasteiger partial charge in [-0.2, -0.15) is 0 Å². The molecule has 0 spiro atoms. The SMILES string of the molecule is C=CCN(C(=O)c1cn(-c2cc(OC)cc(OC)c2)c2cc(OCCCCCCC[N+]34CCN(CC3)CC4)ccc2c1=O)c1cc(F)cc(F)c1.[Br-]. The largest absolute Gasteiger partial charge is 1.00 e. The first-order valence-corrected chi connectivity index (χ1v) is 17.7. The smallest absolute Gasteiger partial charge is 0.264 e. The number of anilines is 1. The van der Waals surface area contributed by atoms with Gasteiger partial charge in [0.15, 0.2) is 0 Å². The van der Waals surface area contributed by atoms with Gasteiger partial charge in [-0.1, -0.05) is 18.9 Å². The molecule has 12 heteroatoms. The number of carbonyl (C=O) groups excluding carboxylic acids is 1. The van der Waals surface area contributed by atoms with E-state index in [2.05, 4.69) is 11.5 Å². The fourth-order valence-electron chi connectivity index (χ4n) is 7.30. The molecule has 0 aliphatic carbocycles. The van der Waals surface area contributed by atoms with Crippen molar-refractivity contribution in [3.05, 3.63) is 101 Å². The van der Waals surface area contributed by atoms with Crippen LogP contribution in [-0.4, -0.2) is 93.0 Å². The number of quaternary nitrogens is 1. The number of methoxy groups -OCH3 is 2. The molecule has 9 nitrogen and oxygen atoms in total. The highest BCUT2D eigenvalue weighted by Gasteiger charge is 2.37. The number of hydrogen-bond donors (Lipinski definition) is 0. The summed E-state index contributed by atoms with van der Waals surface area (Å²) in [5.41, 5.74) is 0.296. The number of amides is 1. The number of halogens is 3. The van der Waals surface area contributed by atoms with Crippen LogP contribution in [0.4, 0.5) is 14.5 Å². The van der Waals surface area contributed by atoms with E-state index in [1.54, 1.807) is 41.0 Å². The van der Waals surface area contributed by atoms with Crippen LogP contribution in [0.3, 0.4) is 0 Å². The number of rotatable bonds is 16. The lowest BCUT2D eigenvalue weighted by Crippen LogP contribution is -3.00. The maximum Gasteiger partial charge on any atom is 0.264 e. The van der Waals surface area contributed by atoms with Crippen molar-refractivity contribution in [2.75, 3.05) is 78.1 Å². The van der Waals surface area contributed by atoms with E-state index in [-0.39, 0.29) is 40.2 Å². The van der Waals surface area contributed by atoms with Gasteiger partial charge in [-0.3, -0.25) is 14.5 Å². The van der Waals surface area contributed by atoms with Crippen molar-refractivity contribution in [3.63, 3.8) is 0 Å². The summed E-state index contributed by atoms with van der Waals surface area (Å²) in [4.78, 5) is 31.7. The minimum atomic E-state index is -0.849. The fraction of sp³-hybridized carbons (Fsp3) is 0.400. The lowest BCUT2D eigenvalue weighted by molar-refractivity contribution is -0.941. The molecule has 4 aromatic rings. The molecular weight excluding hydrogens is 734 g/mol. The number of piperazine rings is 3. The second kappa shape index (κ2) is 17.5. The van der Waals surface area contributed by atoms with Crippen molar-refractivity contribution in [2.45, 2.75) is 32.1 Å². The highest BCUT2D eigenvalue weighted by atomic mass is 79.9. The molecule has 0 radical (unpaired) electrons. The zero-order valence-corrected chi connectivity index (χ0v) is 31.5. The highest BCUT2D eigenvalue weighted by molar-refractivity contribution is 6.07. The molecule has 0 saturated carbocycles. The van der Waals surface area contributed by atoms with Gasteiger partial charge in [0.1, 0.15) is 34.4 Å². The summed E-state index contributed by atoms with van der Waals surface area (Å²) in [7, 11) is 3.07. The first kappa shape index (κ1) is 39.0. The van der Waals surface area contributed by atoms with E-state index in [1.807, 2.05) is 0 Å². The van der Waals surface area contributed by atoms with E-state index in [1.165, 1.54) is 96.1 Å². The van der Waals surface area contributed by atoms with E-state index >= 15 is 0 Å². The van der Waals surface area contributed by atoms with Gasteiger partial charge < -0.3 is 45.1 Å². The Morgan fingerprint density at radius 1 is 0.865 bits per heavy atom. The zero-order valence-electron chi connectivity index (χ0n) is 29.9. The second-order valence-corrected chi connectivity index (χ2v) is 13.5. The molecule has 3 aliphatic heterocycles. The minimum absolute atomic E-state index is 0. The molecule has 0 unspecified atom stereocenters. The number of fused-ring (bicyclic) bond motifs is 4. The van der Waals surface area contributed by atoms with Crippen LogP contribution < -0.4 is 41.5 Å². The minimum Gasteiger partial charge on any atom is -1.00 e. The van der Waals surface area contributed by atoms with Gasteiger partial charge in [-0.15, -0.1) is 6.58 Å². The summed E-state index contributed by atoms with van der Waals surface area (Å²) in [5.74, 6) is -0.840. The molecule has 4 heterocycles. The van der Waals surface area contributed by atoms with Crippen LogP contribution in [0.1, 0.15) is 42.5 Å². The third kappa shape index (κ3) is 8.85. The van der Waals surface area contributed by atoms with Crippen LogP contribution in [0.15, 0.2) is 78.2 Å². The van der Waals surface area contributed by atoms with Crippen molar-refractivity contribution >= 4 is 22.5 Å². The second-order valence-electron chi connectivity index (χ2n) is 13.5. The average Bonchev–Trinajstić information content (AvgIpc) is 3.14. The Labute approximate surface area is 314 Å². The molecule has 3 fully saturated rings. The Morgan fingerprint density at radius 3 is 2.13 bits per heavy atom. The maximum absolute atomic E-state index is 14.2. The van der Waals surface area contributed by atoms with E-state index in [9.17, 15) is 18.4 Å². The number of benzene rings is 3. The molecule has 52 heavy (non-hydrogen) atoms. The van der Waals surface area contributed by atoms with Gasteiger partial charge >= 0.3 is 0 Å². The number of unbranched alkanes of at least 4 members (excludes halogenated alkanes) is 4. The Hall–Kier alpha value is -4.26. The highest BCUT2D eigenvalue weighted by Crippen LogP contribution is 2.30. The molecule has 1 amide bonds. The molecule has 3 saturated heterocycles. The monoisotopic (exact) mass is 780 g/mol. The number of pyridine rings is 1. The van der Waals surface area contributed by atoms with Crippen LogP contribution in [-0.2, 0) is 0 Å². The van der Waals surface area contributed by atoms with E-state index in [0.29, 0.717) is 35.1 Å². The summed E-state index contributed by atoms with van der Waals surface area (Å²) in [5, 5.41) is 0.264. The summed E-state index contributed by atoms with van der Waals surface area (Å²) < 4.78 is 48.6. The summed E-state index contributed by atoms with van der Waals surface area (Å²) >= 11 is 0. The molecular formula is C40H47BrF2N4O5. The molecule has 0 atom stereocenters. The first-order chi connectivity index (χ1) is 24.7. The third-order valence-corrected chi connectivity index (χ3v) is 10.3. The Bertz CT molecular complexity index is 1890. The normalized spacial score (nSPS) is 17.7. The average molecular weight is 782 g/mol. The third-order valence-electron chi connectivity index (χ3n) is 10.3. The number of ether oxygens (including phenoxy) is 3. The van der Waals surface area contributed by atoms with Crippen LogP contribution in [0.2, 0.25) is 0 Å². The topological polar surface area (TPSA) is 73.2 Å². The van der Waals surface area contributed by atoms with Crippen LogP contribution in [0, 0.1) is 11.6 Å².